The highest BCUT2D eigenvalue weighted by atomic mass is 19.1. The van der Waals surface area contributed by atoms with Gasteiger partial charge in [-0.25, -0.2) is 9.18 Å². The maximum Gasteiger partial charge on any atom is 0.414 e. The molecule has 10 nitrogen and oxygen atoms in total. The molecule has 2 fully saturated rings. The normalized spacial score (nSPS) is 20.9. The van der Waals surface area contributed by atoms with Gasteiger partial charge in [0.05, 0.1) is 18.4 Å². The summed E-state index contributed by atoms with van der Waals surface area (Å²) < 4.78 is 33.5. The summed E-state index contributed by atoms with van der Waals surface area (Å²) in [6.45, 7) is 2.66. The molecule has 4 heterocycles. The topological polar surface area (TPSA) is 98.5 Å². The number of ether oxygens (including phenoxy) is 3. The first kappa shape index (κ1) is 30.3. The number of hydrogen-bond acceptors (Lipinski definition) is 7. The largest absolute Gasteiger partial charge is 0.618 e. The molecule has 0 saturated carbocycles. The zero-order valence-electron chi connectivity index (χ0n) is 26.0. The van der Waals surface area contributed by atoms with E-state index in [1.165, 1.54) is 19.2 Å². The number of halogens is 1. The van der Waals surface area contributed by atoms with Crippen LogP contribution >= 0.6 is 0 Å². The average Bonchev–Trinajstić information content (AvgIpc) is 3.09. The van der Waals surface area contributed by atoms with E-state index in [4.69, 9.17) is 14.2 Å². The average molecular weight is 631 g/mol. The summed E-state index contributed by atoms with van der Waals surface area (Å²) in [5, 5.41) is 12.3. The van der Waals surface area contributed by atoms with E-state index in [0.29, 0.717) is 25.9 Å². The van der Waals surface area contributed by atoms with Crippen LogP contribution in [0.1, 0.15) is 71.7 Å². The van der Waals surface area contributed by atoms with Crippen LogP contribution in [-0.4, -0.2) is 67.2 Å². The summed E-state index contributed by atoms with van der Waals surface area (Å²) in [4.78, 5) is 32.0. The van der Waals surface area contributed by atoms with E-state index in [9.17, 15) is 14.8 Å². The summed E-state index contributed by atoms with van der Waals surface area (Å²) in [6.07, 6.45) is 6.42. The highest BCUT2D eigenvalue weighted by Crippen LogP contribution is 2.37. The molecule has 3 aromatic rings. The molecule has 0 spiro atoms. The van der Waals surface area contributed by atoms with Gasteiger partial charge in [0.15, 0.2) is 23.5 Å². The van der Waals surface area contributed by atoms with Crippen molar-refractivity contribution in [2.45, 2.75) is 69.7 Å². The molecule has 242 valence electrons. The quantitative estimate of drug-likeness (QED) is 0.275. The lowest BCUT2D eigenvalue weighted by molar-refractivity contribution is -0.615. The number of methoxy groups -OCH3 is 1. The van der Waals surface area contributed by atoms with Crippen LogP contribution in [0.5, 0.6) is 11.5 Å². The van der Waals surface area contributed by atoms with Gasteiger partial charge in [0.1, 0.15) is 18.5 Å². The minimum Gasteiger partial charge on any atom is -0.618 e. The fourth-order valence-electron chi connectivity index (χ4n) is 7.56. The zero-order chi connectivity index (χ0) is 31.8. The molecule has 3 aliphatic heterocycles. The van der Waals surface area contributed by atoms with Crippen LogP contribution in [0.4, 0.5) is 14.9 Å². The number of carbonyl (C=O) groups is 2. The Labute approximate surface area is 267 Å². The number of rotatable bonds is 6. The van der Waals surface area contributed by atoms with E-state index in [-0.39, 0.29) is 53.9 Å². The number of hydrogen-bond donors (Lipinski definition) is 0. The molecular formula is C35H39FN4O6. The molecule has 11 heteroatoms. The Balaban J connectivity index is 0.978. The number of carbonyl (C=O) groups excluding carboxylic acids is 2. The van der Waals surface area contributed by atoms with Crippen LogP contribution in [0.15, 0.2) is 54.7 Å². The van der Waals surface area contributed by atoms with E-state index in [0.717, 1.165) is 72.4 Å². The lowest BCUT2D eigenvalue weighted by Gasteiger charge is -2.40. The fourth-order valence-corrected chi connectivity index (χ4v) is 7.56. The van der Waals surface area contributed by atoms with Gasteiger partial charge in [-0.2, -0.15) is 4.73 Å². The third kappa shape index (κ3) is 5.72. The molecule has 0 N–H and O–H groups in total. The summed E-state index contributed by atoms with van der Waals surface area (Å²) in [5.41, 5.74) is 3.94. The Morgan fingerprint density at radius 2 is 1.78 bits per heavy atom. The molecule has 7 rings (SSSR count). The van der Waals surface area contributed by atoms with Crippen LogP contribution in [-0.2, 0) is 17.8 Å². The summed E-state index contributed by atoms with van der Waals surface area (Å²) in [5.74, 6) is -0.583. The molecular weight excluding hydrogens is 591 g/mol. The van der Waals surface area contributed by atoms with Gasteiger partial charge in [-0.05, 0) is 56.7 Å². The van der Waals surface area contributed by atoms with Gasteiger partial charge >= 0.3 is 6.09 Å². The fraction of sp³-hybridized carbons (Fsp3) is 0.457. The SMILES string of the molecule is COc1cc(OC2CCN([C@@H]3CCCc4c3ccc[n+]4[O-])CC2)c(F)cc1C(=O)N1CCC(N2C(=O)OCc3ccccc32)CC1. The van der Waals surface area contributed by atoms with Gasteiger partial charge < -0.3 is 24.3 Å². The van der Waals surface area contributed by atoms with Crippen molar-refractivity contribution in [3.63, 3.8) is 0 Å². The van der Waals surface area contributed by atoms with Gasteiger partial charge in [-0.3, -0.25) is 14.6 Å². The van der Waals surface area contributed by atoms with E-state index in [2.05, 4.69) is 11.0 Å². The van der Waals surface area contributed by atoms with Crippen LogP contribution in [0, 0.1) is 11.0 Å². The van der Waals surface area contributed by atoms with Gasteiger partial charge in [0.25, 0.3) is 5.91 Å². The minimum atomic E-state index is -0.602. The number of likely N-dealkylation sites (tertiary alicyclic amines) is 2. The van der Waals surface area contributed by atoms with Crippen molar-refractivity contribution in [1.82, 2.24) is 9.80 Å². The monoisotopic (exact) mass is 630 g/mol. The number of fused-ring (bicyclic) bond motifs is 2. The molecule has 46 heavy (non-hydrogen) atoms. The highest BCUT2D eigenvalue weighted by molar-refractivity contribution is 5.97. The lowest BCUT2D eigenvalue weighted by atomic mass is 9.89. The Morgan fingerprint density at radius 3 is 2.57 bits per heavy atom. The number of aromatic nitrogens is 1. The molecule has 0 unspecified atom stereocenters. The van der Waals surface area contributed by atoms with Crippen LogP contribution in [0.2, 0.25) is 0 Å². The van der Waals surface area contributed by atoms with E-state index < -0.39 is 5.82 Å². The number of amides is 2. The summed E-state index contributed by atoms with van der Waals surface area (Å²) >= 11 is 0. The molecule has 1 aromatic heterocycles. The van der Waals surface area contributed by atoms with E-state index in [1.807, 2.05) is 30.3 Å². The number of cyclic esters (lactones) is 1. The van der Waals surface area contributed by atoms with E-state index >= 15 is 4.39 Å². The second kappa shape index (κ2) is 12.8. The standard InChI is InChI=1S/C35H39FN4O6/c1-44-32-21-33(46-25-13-18-37(19-14-25)30-9-4-10-31-26(30)7-5-15-39(31)43)28(36)20-27(32)34(41)38-16-11-24(12-17-38)40-29-8-3-2-6-23(29)22-45-35(40)42/h2-3,5-8,15,20-21,24-25,30H,4,9-14,16-19,22H2,1H3/t30-/m1/s1. The Hall–Kier alpha value is -4.38. The number of para-hydroxylation sites is 1. The molecule has 4 aliphatic rings. The third-order valence-electron chi connectivity index (χ3n) is 9.96. The molecule has 0 bridgehead atoms. The molecule has 1 atom stereocenters. The van der Waals surface area contributed by atoms with E-state index in [1.54, 1.807) is 16.0 Å². The highest BCUT2D eigenvalue weighted by Gasteiger charge is 2.36. The molecule has 1 aliphatic carbocycles. The smallest absolute Gasteiger partial charge is 0.414 e. The van der Waals surface area contributed by atoms with Crippen molar-refractivity contribution in [1.29, 1.82) is 0 Å². The van der Waals surface area contributed by atoms with Crippen LogP contribution in [0.3, 0.4) is 0 Å². The van der Waals surface area contributed by atoms with Crippen LogP contribution < -0.4 is 19.1 Å². The number of piperidine rings is 2. The van der Waals surface area contributed by atoms with Gasteiger partial charge in [0.2, 0.25) is 0 Å². The maximum atomic E-state index is 15.5. The maximum absolute atomic E-state index is 15.5. The summed E-state index contributed by atoms with van der Waals surface area (Å²) in [6, 6.07) is 14.4. The van der Waals surface area contributed by atoms with Crippen molar-refractivity contribution < 1.29 is 32.9 Å². The van der Waals surface area contributed by atoms with Crippen molar-refractivity contribution in [2.75, 3.05) is 38.2 Å². The number of nitrogens with zero attached hydrogens (tertiary/aromatic N) is 4. The second-order valence-electron chi connectivity index (χ2n) is 12.6. The number of anilines is 1. The third-order valence-corrected chi connectivity index (χ3v) is 9.96. The molecule has 2 aromatic carbocycles. The van der Waals surface area contributed by atoms with Crippen LogP contribution in [0.25, 0.3) is 0 Å². The van der Waals surface area contributed by atoms with Gasteiger partial charge in [0, 0.05) is 67.9 Å². The number of benzene rings is 2. The predicted octanol–water partition coefficient (Wildman–Crippen LogP) is 5.15. The van der Waals surface area contributed by atoms with Gasteiger partial charge in [-0.1, -0.05) is 18.2 Å². The Bertz CT molecular complexity index is 1620. The van der Waals surface area contributed by atoms with Gasteiger partial charge in [-0.15, -0.1) is 0 Å². The molecule has 2 saturated heterocycles. The van der Waals surface area contributed by atoms with Crippen molar-refractivity contribution in [2.24, 2.45) is 0 Å². The lowest BCUT2D eigenvalue weighted by Crippen LogP contribution is -2.50. The number of pyridine rings is 1. The van der Waals surface area contributed by atoms with Crippen molar-refractivity contribution in [3.8, 4) is 11.5 Å². The van der Waals surface area contributed by atoms with Crippen molar-refractivity contribution >= 4 is 17.7 Å². The molecule has 2 amide bonds. The predicted molar refractivity (Wildman–Crippen MR) is 167 cm³/mol. The van der Waals surface area contributed by atoms with Crippen molar-refractivity contribution in [3.05, 3.63) is 88.1 Å². The zero-order valence-corrected chi connectivity index (χ0v) is 26.0. The molecule has 0 radical (unpaired) electrons. The second-order valence-corrected chi connectivity index (χ2v) is 12.6. The Kier molecular flexibility index (Phi) is 8.42. The first-order valence-corrected chi connectivity index (χ1v) is 16.2. The first-order chi connectivity index (χ1) is 22.4. The Morgan fingerprint density at radius 1 is 1.00 bits per heavy atom. The summed E-state index contributed by atoms with van der Waals surface area (Å²) in [7, 11) is 1.46. The first-order valence-electron chi connectivity index (χ1n) is 16.2. The minimum absolute atomic E-state index is 0.0724.